The van der Waals surface area contributed by atoms with Gasteiger partial charge in [0.05, 0.1) is 6.20 Å². The minimum atomic E-state index is -0.262. The van der Waals surface area contributed by atoms with Crippen molar-refractivity contribution in [2.24, 2.45) is 0 Å². The highest BCUT2D eigenvalue weighted by molar-refractivity contribution is 5.19. The van der Waals surface area contributed by atoms with Crippen LogP contribution in [-0.2, 0) is 13.0 Å². The first-order valence-corrected chi connectivity index (χ1v) is 4.57. The van der Waals surface area contributed by atoms with Crippen LogP contribution in [0.1, 0.15) is 17.2 Å². The first-order chi connectivity index (χ1) is 7.28. The zero-order valence-electron chi connectivity index (χ0n) is 7.98. The maximum absolute atomic E-state index is 12.6. The van der Waals surface area contributed by atoms with Crippen molar-refractivity contribution in [2.45, 2.75) is 13.0 Å². The lowest BCUT2D eigenvalue weighted by Gasteiger charge is -1.96. The lowest BCUT2D eigenvalue weighted by Crippen LogP contribution is -1.87. The standard InChI is InChI=1S/C11H10FNO2/c12-9-3-1-8(2-4-9)5-11-13-6-10(7-14)15-11/h1-4,6,14H,5,7H2. The normalized spacial score (nSPS) is 10.5. The summed E-state index contributed by atoms with van der Waals surface area (Å²) in [5.41, 5.74) is 0.919. The quantitative estimate of drug-likeness (QED) is 0.836. The molecule has 0 atom stereocenters. The van der Waals surface area contributed by atoms with Crippen LogP contribution in [0, 0.1) is 5.82 Å². The molecule has 0 fully saturated rings. The van der Waals surface area contributed by atoms with E-state index in [1.807, 2.05) is 0 Å². The molecule has 3 nitrogen and oxygen atoms in total. The van der Waals surface area contributed by atoms with Crippen molar-refractivity contribution in [3.8, 4) is 0 Å². The molecule has 1 N–H and O–H groups in total. The zero-order valence-corrected chi connectivity index (χ0v) is 7.98. The van der Waals surface area contributed by atoms with E-state index >= 15 is 0 Å². The Balaban J connectivity index is 2.11. The Kier molecular flexibility index (Phi) is 2.78. The van der Waals surface area contributed by atoms with Gasteiger partial charge in [-0.3, -0.25) is 0 Å². The number of hydrogen-bond acceptors (Lipinski definition) is 3. The minimum Gasteiger partial charge on any atom is -0.443 e. The Labute approximate surface area is 86.2 Å². The largest absolute Gasteiger partial charge is 0.443 e. The monoisotopic (exact) mass is 207 g/mol. The summed E-state index contributed by atoms with van der Waals surface area (Å²) in [6, 6.07) is 6.15. The lowest BCUT2D eigenvalue weighted by molar-refractivity contribution is 0.244. The van der Waals surface area contributed by atoms with Crippen LogP contribution in [0.3, 0.4) is 0 Å². The molecule has 0 aliphatic carbocycles. The van der Waals surface area contributed by atoms with Crippen LogP contribution < -0.4 is 0 Å². The highest BCUT2D eigenvalue weighted by Gasteiger charge is 2.04. The van der Waals surface area contributed by atoms with E-state index in [4.69, 9.17) is 9.52 Å². The van der Waals surface area contributed by atoms with Gasteiger partial charge in [-0.1, -0.05) is 12.1 Å². The molecule has 2 aromatic rings. The fraction of sp³-hybridized carbons (Fsp3) is 0.182. The molecule has 0 radical (unpaired) electrons. The van der Waals surface area contributed by atoms with Gasteiger partial charge in [0, 0.05) is 6.42 Å². The van der Waals surface area contributed by atoms with E-state index in [9.17, 15) is 4.39 Å². The van der Waals surface area contributed by atoms with Crippen molar-refractivity contribution in [1.82, 2.24) is 4.98 Å². The summed E-state index contributed by atoms with van der Waals surface area (Å²) < 4.78 is 17.8. The Morgan fingerprint density at radius 2 is 2.00 bits per heavy atom. The third kappa shape index (κ3) is 2.41. The molecule has 1 aromatic heterocycles. The molecular weight excluding hydrogens is 197 g/mol. The van der Waals surface area contributed by atoms with E-state index < -0.39 is 0 Å². The second-order valence-electron chi connectivity index (χ2n) is 3.18. The number of aliphatic hydroxyl groups excluding tert-OH is 1. The van der Waals surface area contributed by atoms with Crippen molar-refractivity contribution in [1.29, 1.82) is 0 Å². The second-order valence-corrected chi connectivity index (χ2v) is 3.18. The molecule has 0 bridgehead atoms. The van der Waals surface area contributed by atoms with Crippen LogP contribution in [0.5, 0.6) is 0 Å². The molecule has 0 aliphatic rings. The molecule has 0 amide bonds. The fourth-order valence-electron chi connectivity index (χ4n) is 1.28. The fourth-order valence-corrected chi connectivity index (χ4v) is 1.28. The summed E-state index contributed by atoms with van der Waals surface area (Å²) in [7, 11) is 0. The Morgan fingerprint density at radius 3 is 2.60 bits per heavy atom. The molecule has 4 heteroatoms. The molecule has 78 valence electrons. The van der Waals surface area contributed by atoms with E-state index in [1.165, 1.54) is 18.3 Å². The molecule has 15 heavy (non-hydrogen) atoms. The number of hydrogen-bond donors (Lipinski definition) is 1. The molecule has 1 heterocycles. The minimum absolute atomic E-state index is 0.156. The van der Waals surface area contributed by atoms with E-state index in [2.05, 4.69) is 4.98 Å². The summed E-state index contributed by atoms with van der Waals surface area (Å²) in [5.74, 6) is 0.694. The molecular formula is C11H10FNO2. The summed E-state index contributed by atoms with van der Waals surface area (Å²) in [5, 5.41) is 8.77. The van der Waals surface area contributed by atoms with Crippen molar-refractivity contribution in [3.05, 3.63) is 53.5 Å². The van der Waals surface area contributed by atoms with Crippen molar-refractivity contribution in [3.63, 3.8) is 0 Å². The van der Waals surface area contributed by atoms with E-state index in [0.717, 1.165) is 5.56 Å². The Morgan fingerprint density at radius 1 is 1.27 bits per heavy atom. The number of halogens is 1. The van der Waals surface area contributed by atoms with Gasteiger partial charge in [-0.2, -0.15) is 0 Å². The summed E-state index contributed by atoms with van der Waals surface area (Å²) in [4.78, 5) is 3.98. The van der Waals surface area contributed by atoms with Crippen LogP contribution in [0.4, 0.5) is 4.39 Å². The molecule has 0 spiro atoms. The second kappa shape index (κ2) is 4.23. The average molecular weight is 207 g/mol. The maximum atomic E-state index is 12.6. The van der Waals surface area contributed by atoms with Crippen LogP contribution in [-0.4, -0.2) is 10.1 Å². The third-order valence-corrected chi connectivity index (χ3v) is 2.03. The van der Waals surface area contributed by atoms with E-state index in [-0.39, 0.29) is 12.4 Å². The highest BCUT2D eigenvalue weighted by Crippen LogP contribution is 2.10. The molecule has 0 unspecified atom stereocenters. The van der Waals surface area contributed by atoms with Crippen LogP contribution in [0.25, 0.3) is 0 Å². The lowest BCUT2D eigenvalue weighted by atomic mass is 10.1. The zero-order chi connectivity index (χ0) is 10.7. The van der Waals surface area contributed by atoms with Crippen molar-refractivity contribution in [2.75, 3.05) is 0 Å². The number of nitrogens with zero attached hydrogens (tertiary/aromatic N) is 1. The predicted molar refractivity (Wildman–Crippen MR) is 51.6 cm³/mol. The topological polar surface area (TPSA) is 46.3 Å². The Bertz CT molecular complexity index is 436. The van der Waals surface area contributed by atoms with Crippen LogP contribution >= 0.6 is 0 Å². The number of aromatic nitrogens is 1. The first kappa shape index (κ1) is 9.86. The van der Waals surface area contributed by atoms with Gasteiger partial charge in [0.15, 0.2) is 5.89 Å². The predicted octanol–water partition coefficient (Wildman–Crippen LogP) is 1.90. The van der Waals surface area contributed by atoms with Gasteiger partial charge in [-0.25, -0.2) is 9.37 Å². The average Bonchev–Trinajstić information content (AvgIpc) is 2.69. The maximum Gasteiger partial charge on any atom is 0.198 e. The molecule has 0 saturated heterocycles. The van der Waals surface area contributed by atoms with Crippen LogP contribution in [0.2, 0.25) is 0 Å². The highest BCUT2D eigenvalue weighted by atomic mass is 19.1. The number of rotatable bonds is 3. The van der Waals surface area contributed by atoms with E-state index in [0.29, 0.717) is 18.1 Å². The molecule has 0 aliphatic heterocycles. The van der Waals surface area contributed by atoms with Gasteiger partial charge in [0.1, 0.15) is 18.2 Å². The smallest absolute Gasteiger partial charge is 0.198 e. The van der Waals surface area contributed by atoms with Crippen molar-refractivity contribution < 1.29 is 13.9 Å². The van der Waals surface area contributed by atoms with Gasteiger partial charge in [-0.15, -0.1) is 0 Å². The van der Waals surface area contributed by atoms with Gasteiger partial charge >= 0.3 is 0 Å². The summed E-state index contributed by atoms with van der Waals surface area (Å²) in [6.07, 6.45) is 1.99. The summed E-state index contributed by atoms with van der Waals surface area (Å²) in [6.45, 7) is -0.156. The van der Waals surface area contributed by atoms with Gasteiger partial charge < -0.3 is 9.52 Å². The Hall–Kier alpha value is -1.68. The van der Waals surface area contributed by atoms with Gasteiger partial charge in [0.25, 0.3) is 0 Å². The molecule has 2 rings (SSSR count). The SMILES string of the molecule is OCc1cnc(Cc2ccc(F)cc2)o1. The van der Waals surface area contributed by atoms with Gasteiger partial charge in [-0.05, 0) is 17.7 Å². The van der Waals surface area contributed by atoms with Crippen molar-refractivity contribution >= 4 is 0 Å². The molecule has 1 aromatic carbocycles. The third-order valence-electron chi connectivity index (χ3n) is 2.03. The number of aliphatic hydroxyl groups is 1. The van der Waals surface area contributed by atoms with Crippen LogP contribution in [0.15, 0.2) is 34.9 Å². The van der Waals surface area contributed by atoms with Gasteiger partial charge in [0.2, 0.25) is 0 Å². The first-order valence-electron chi connectivity index (χ1n) is 4.57. The van der Waals surface area contributed by atoms with E-state index in [1.54, 1.807) is 12.1 Å². The molecule has 0 saturated carbocycles. The number of benzene rings is 1. The summed E-state index contributed by atoms with van der Waals surface area (Å²) >= 11 is 0. The number of oxazole rings is 1.